The molecule has 6 heteroatoms. The zero-order chi connectivity index (χ0) is 12.6. The summed E-state index contributed by atoms with van der Waals surface area (Å²) in [7, 11) is 0. The molecule has 0 amide bonds. The number of anilines is 1. The van der Waals surface area contributed by atoms with Crippen molar-refractivity contribution >= 4 is 28.2 Å². The molecule has 1 N–H and O–H groups in total. The molecule has 2 heterocycles. The van der Waals surface area contributed by atoms with Gasteiger partial charge in [-0.15, -0.1) is 16.8 Å². The van der Waals surface area contributed by atoms with E-state index in [0.717, 1.165) is 27.3 Å². The predicted octanol–water partition coefficient (Wildman–Crippen LogP) is 2.87. The highest BCUT2D eigenvalue weighted by molar-refractivity contribution is 8.01. The van der Waals surface area contributed by atoms with Crippen LogP contribution in [0.3, 0.4) is 0 Å². The van der Waals surface area contributed by atoms with Crippen molar-refractivity contribution in [2.75, 3.05) is 17.6 Å². The van der Waals surface area contributed by atoms with Gasteiger partial charge < -0.3 is 5.32 Å². The monoisotopic (exact) mass is 278 g/mol. The third-order valence-corrected chi connectivity index (χ3v) is 4.13. The molecule has 0 aliphatic carbocycles. The fraction of sp³-hybridized carbons (Fsp3) is 0.250. The largest absolute Gasteiger partial charge is 0.357 e. The first-order valence-corrected chi connectivity index (χ1v) is 7.39. The Morgan fingerprint density at radius 3 is 3.11 bits per heavy atom. The van der Waals surface area contributed by atoms with E-state index in [1.807, 2.05) is 24.4 Å². The van der Waals surface area contributed by atoms with E-state index in [0.29, 0.717) is 6.54 Å². The Bertz CT molecular complexity index is 484. The molecule has 0 saturated carbocycles. The molecule has 2 aromatic rings. The maximum absolute atomic E-state index is 4.29. The molecule has 0 aromatic carbocycles. The molecule has 18 heavy (non-hydrogen) atoms. The molecule has 94 valence electrons. The summed E-state index contributed by atoms with van der Waals surface area (Å²) in [6, 6.07) is 5.98. The second kappa shape index (κ2) is 7.13. The zero-order valence-corrected chi connectivity index (χ0v) is 11.5. The van der Waals surface area contributed by atoms with Crippen LogP contribution < -0.4 is 5.32 Å². The van der Waals surface area contributed by atoms with Crippen LogP contribution in [0.5, 0.6) is 0 Å². The second-order valence-electron chi connectivity index (χ2n) is 3.46. The first-order chi connectivity index (χ1) is 8.88. The summed E-state index contributed by atoms with van der Waals surface area (Å²) in [5.74, 6) is 0.965. The van der Waals surface area contributed by atoms with E-state index in [-0.39, 0.29) is 0 Å². The lowest BCUT2D eigenvalue weighted by Crippen LogP contribution is -1.96. The van der Waals surface area contributed by atoms with Crippen molar-refractivity contribution in [3.05, 3.63) is 42.7 Å². The minimum absolute atomic E-state index is 0.716. The van der Waals surface area contributed by atoms with Crippen LogP contribution in [0.15, 0.2) is 41.4 Å². The van der Waals surface area contributed by atoms with Gasteiger partial charge in [0.25, 0.3) is 0 Å². The van der Waals surface area contributed by atoms with Crippen molar-refractivity contribution in [1.29, 1.82) is 0 Å². The summed E-state index contributed by atoms with van der Waals surface area (Å²) in [6.07, 6.45) is 4.57. The number of aromatic nitrogens is 3. The van der Waals surface area contributed by atoms with Gasteiger partial charge in [-0.2, -0.15) is 0 Å². The Morgan fingerprint density at radius 2 is 2.33 bits per heavy atom. The number of nitrogens with zero attached hydrogens (tertiary/aromatic N) is 3. The lowest BCUT2D eigenvalue weighted by atomic mass is 10.3. The number of pyridine rings is 1. The van der Waals surface area contributed by atoms with Crippen LogP contribution in [0.1, 0.15) is 5.69 Å². The van der Waals surface area contributed by atoms with E-state index < -0.39 is 0 Å². The fourth-order valence-corrected chi connectivity index (χ4v) is 3.08. The van der Waals surface area contributed by atoms with Gasteiger partial charge >= 0.3 is 0 Å². The summed E-state index contributed by atoms with van der Waals surface area (Å²) in [5.41, 5.74) is 1.11. The molecule has 0 aliphatic heterocycles. The zero-order valence-electron chi connectivity index (χ0n) is 9.87. The number of hydrogen-bond donors (Lipinski definition) is 1. The van der Waals surface area contributed by atoms with Crippen LogP contribution in [0, 0.1) is 0 Å². The lowest BCUT2D eigenvalue weighted by molar-refractivity contribution is 1.000. The topological polar surface area (TPSA) is 50.7 Å². The fourth-order valence-electron chi connectivity index (χ4n) is 1.29. The maximum atomic E-state index is 4.29. The van der Waals surface area contributed by atoms with Gasteiger partial charge in [0.15, 0.2) is 4.34 Å². The van der Waals surface area contributed by atoms with Crippen LogP contribution in [-0.2, 0) is 6.42 Å². The smallest absolute Gasteiger partial charge is 0.206 e. The lowest BCUT2D eigenvalue weighted by Gasteiger charge is -1.97. The van der Waals surface area contributed by atoms with Crippen molar-refractivity contribution in [1.82, 2.24) is 15.2 Å². The summed E-state index contributed by atoms with van der Waals surface area (Å²) < 4.78 is 0.984. The highest BCUT2D eigenvalue weighted by Gasteiger charge is 2.03. The molecule has 0 bridgehead atoms. The van der Waals surface area contributed by atoms with Crippen molar-refractivity contribution in [3.8, 4) is 0 Å². The quantitative estimate of drug-likeness (QED) is 0.623. The molecule has 0 fully saturated rings. The molecule has 0 unspecified atom stereocenters. The van der Waals surface area contributed by atoms with Gasteiger partial charge in [0, 0.05) is 24.2 Å². The van der Waals surface area contributed by atoms with Gasteiger partial charge in [-0.25, -0.2) is 0 Å². The Balaban J connectivity index is 1.76. The van der Waals surface area contributed by atoms with Gasteiger partial charge in [-0.1, -0.05) is 35.2 Å². The molecule has 0 radical (unpaired) electrons. The van der Waals surface area contributed by atoms with Crippen LogP contribution in [0.2, 0.25) is 0 Å². The molecule has 0 spiro atoms. The Morgan fingerprint density at radius 1 is 1.39 bits per heavy atom. The van der Waals surface area contributed by atoms with Crippen molar-refractivity contribution in [2.24, 2.45) is 0 Å². The number of hydrogen-bond acceptors (Lipinski definition) is 6. The number of aryl methyl sites for hydroxylation is 1. The van der Waals surface area contributed by atoms with Crippen LogP contribution in [0.25, 0.3) is 0 Å². The van der Waals surface area contributed by atoms with Gasteiger partial charge in [-0.05, 0) is 18.6 Å². The first kappa shape index (κ1) is 13.0. The van der Waals surface area contributed by atoms with E-state index in [2.05, 4.69) is 27.1 Å². The van der Waals surface area contributed by atoms with E-state index in [9.17, 15) is 0 Å². The molecular formula is C12H14N4S2. The third-order valence-electron chi connectivity index (χ3n) is 2.11. The number of thioether (sulfide) groups is 1. The van der Waals surface area contributed by atoms with Gasteiger partial charge in [0.2, 0.25) is 5.13 Å². The van der Waals surface area contributed by atoms with Crippen LogP contribution >= 0.6 is 23.1 Å². The van der Waals surface area contributed by atoms with Crippen LogP contribution in [-0.4, -0.2) is 27.5 Å². The van der Waals surface area contributed by atoms with E-state index in [1.54, 1.807) is 29.2 Å². The van der Waals surface area contributed by atoms with Gasteiger partial charge in [-0.3, -0.25) is 4.98 Å². The maximum Gasteiger partial charge on any atom is 0.206 e. The predicted molar refractivity (Wildman–Crippen MR) is 77.3 cm³/mol. The normalized spacial score (nSPS) is 10.2. The first-order valence-electron chi connectivity index (χ1n) is 5.59. The average Bonchev–Trinajstić information content (AvgIpc) is 2.85. The molecule has 0 aliphatic rings. The van der Waals surface area contributed by atoms with Crippen molar-refractivity contribution in [2.45, 2.75) is 10.8 Å². The number of nitrogens with one attached hydrogen (secondary N) is 1. The van der Waals surface area contributed by atoms with Gasteiger partial charge in [0.1, 0.15) is 0 Å². The molecule has 4 nitrogen and oxygen atoms in total. The summed E-state index contributed by atoms with van der Waals surface area (Å²) in [5, 5.41) is 12.1. The minimum Gasteiger partial charge on any atom is -0.357 e. The SMILES string of the molecule is C=CCNc1nnc(SCCc2ccccn2)s1. The van der Waals surface area contributed by atoms with Crippen LogP contribution in [0.4, 0.5) is 5.13 Å². The second-order valence-corrected chi connectivity index (χ2v) is 5.78. The highest BCUT2D eigenvalue weighted by atomic mass is 32.2. The molecular weight excluding hydrogens is 264 g/mol. The Kier molecular flexibility index (Phi) is 5.16. The van der Waals surface area contributed by atoms with E-state index in [1.165, 1.54) is 0 Å². The number of rotatable bonds is 7. The third kappa shape index (κ3) is 4.12. The minimum atomic E-state index is 0.716. The summed E-state index contributed by atoms with van der Waals surface area (Å²) >= 11 is 3.28. The summed E-state index contributed by atoms with van der Waals surface area (Å²) in [6.45, 7) is 4.36. The van der Waals surface area contributed by atoms with E-state index in [4.69, 9.17) is 0 Å². The molecule has 0 saturated heterocycles. The van der Waals surface area contributed by atoms with Gasteiger partial charge in [0.05, 0.1) is 0 Å². The Hall–Kier alpha value is -1.40. The average molecular weight is 278 g/mol. The van der Waals surface area contributed by atoms with E-state index >= 15 is 0 Å². The summed E-state index contributed by atoms with van der Waals surface area (Å²) in [4.78, 5) is 4.29. The standard InChI is InChI=1S/C12H14N4S2/c1-2-7-14-11-15-16-12(18-11)17-9-6-10-5-3-4-8-13-10/h2-5,8H,1,6-7,9H2,(H,14,15). The van der Waals surface area contributed by atoms with Crippen molar-refractivity contribution < 1.29 is 0 Å². The Labute approximate surface area is 115 Å². The highest BCUT2D eigenvalue weighted by Crippen LogP contribution is 2.25. The molecule has 2 aromatic heterocycles. The molecule has 0 atom stereocenters. The van der Waals surface area contributed by atoms with Crippen molar-refractivity contribution in [3.63, 3.8) is 0 Å². The molecule has 2 rings (SSSR count).